The van der Waals surface area contributed by atoms with Gasteiger partial charge >= 0.3 is 5.69 Å². The Morgan fingerprint density at radius 3 is 2.60 bits per heavy atom. The molecule has 1 saturated heterocycles. The Kier molecular flexibility index (Phi) is 4.38. The standard InChI is InChI=1S/C23H24N4O3/c1-14-11-18-15(13-21(14)30-2)12-19(24-18)22(28)26-9-7-16(8-10-26)27-20-6-4-3-5-17(20)25-23(27)29/h3-6,11-13,16,24H,7-10H2,1-2H3,(H,25,29). The number of hydrogen-bond acceptors (Lipinski definition) is 3. The number of rotatable bonds is 3. The highest BCUT2D eigenvalue weighted by atomic mass is 16.5. The summed E-state index contributed by atoms with van der Waals surface area (Å²) < 4.78 is 7.23. The average Bonchev–Trinajstić information content (AvgIpc) is 3.32. The van der Waals surface area contributed by atoms with E-state index >= 15 is 0 Å². The van der Waals surface area contributed by atoms with Crippen molar-refractivity contribution in [3.63, 3.8) is 0 Å². The predicted octanol–water partition coefficient (Wildman–Crippen LogP) is 3.61. The van der Waals surface area contributed by atoms with Crippen LogP contribution in [0.3, 0.4) is 0 Å². The molecule has 0 aliphatic carbocycles. The van der Waals surface area contributed by atoms with E-state index in [1.54, 1.807) is 7.11 Å². The summed E-state index contributed by atoms with van der Waals surface area (Å²) in [6.45, 7) is 3.22. The number of carbonyl (C=O) groups is 1. The van der Waals surface area contributed by atoms with Crippen molar-refractivity contribution < 1.29 is 9.53 Å². The van der Waals surface area contributed by atoms with E-state index in [1.165, 1.54) is 0 Å². The van der Waals surface area contributed by atoms with Gasteiger partial charge in [0.25, 0.3) is 5.91 Å². The number of hydrogen-bond donors (Lipinski definition) is 2. The molecule has 4 aromatic rings. The minimum Gasteiger partial charge on any atom is -0.496 e. The Balaban J connectivity index is 1.35. The predicted molar refractivity (Wildman–Crippen MR) is 116 cm³/mol. The molecule has 1 fully saturated rings. The number of carbonyl (C=O) groups excluding carboxylic acids is 1. The van der Waals surface area contributed by atoms with Gasteiger partial charge in [-0.25, -0.2) is 4.79 Å². The van der Waals surface area contributed by atoms with Gasteiger partial charge in [-0.15, -0.1) is 0 Å². The number of para-hydroxylation sites is 2. The molecule has 1 aliphatic rings. The molecule has 7 heteroatoms. The number of aromatic nitrogens is 3. The maximum Gasteiger partial charge on any atom is 0.326 e. The number of benzene rings is 2. The fourth-order valence-electron chi connectivity index (χ4n) is 4.54. The summed E-state index contributed by atoms with van der Waals surface area (Å²) in [5, 5.41) is 0.959. The number of likely N-dealkylation sites (tertiary alicyclic amines) is 1. The van der Waals surface area contributed by atoms with Gasteiger partial charge in [-0.3, -0.25) is 9.36 Å². The van der Waals surface area contributed by atoms with E-state index in [0.717, 1.165) is 46.1 Å². The molecule has 0 saturated carbocycles. The summed E-state index contributed by atoms with van der Waals surface area (Å²) in [4.78, 5) is 33.6. The van der Waals surface area contributed by atoms with Crippen molar-refractivity contribution in [1.82, 2.24) is 19.4 Å². The molecule has 0 unspecified atom stereocenters. The zero-order valence-corrected chi connectivity index (χ0v) is 17.1. The maximum absolute atomic E-state index is 13.1. The lowest BCUT2D eigenvalue weighted by molar-refractivity contribution is 0.0690. The average molecular weight is 404 g/mol. The van der Waals surface area contributed by atoms with Gasteiger partial charge in [0.05, 0.1) is 18.1 Å². The first kappa shape index (κ1) is 18.5. The molecular weight excluding hydrogens is 380 g/mol. The molecule has 0 spiro atoms. The van der Waals surface area contributed by atoms with Gasteiger partial charge in [0.2, 0.25) is 0 Å². The topological polar surface area (TPSA) is 83.1 Å². The lowest BCUT2D eigenvalue weighted by Crippen LogP contribution is -2.40. The molecule has 3 heterocycles. The summed E-state index contributed by atoms with van der Waals surface area (Å²) in [5.74, 6) is 0.804. The minimum absolute atomic E-state index is 0.00690. The van der Waals surface area contributed by atoms with Crippen molar-refractivity contribution in [1.29, 1.82) is 0 Å². The molecule has 30 heavy (non-hydrogen) atoms. The summed E-state index contributed by atoms with van der Waals surface area (Å²) in [7, 11) is 1.65. The number of piperidine rings is 1. The molecule has 0 bridgehead atoms. The van der Waals surface area contributed by atoms with E-state index < -0.39 is 0 Å². The number of amides is 1. The van der Waals surface area contributed by atoms with Crippen LogP contribution < -0.4 is 10.4 Å². The van der Waals surface area contributed by atoms with E-state index in [9.17, 15) is 9.59 Å². The Morgan fingerprint density at radius 2 is 1.83 bits per heavy atom. The van der Waals surface area contributed by atoms with Crippen LogP contribution in [0, 0.1) is 6.92 Å². The minimum atomic E-state index is -0.0825. The third-order valence-electron chi connectivity index (χ3n) is 6.11. The van der Waals surface area contributed by atoms with Crippen molar-refractivity contribution in [2.45, 2.75) is 25.8 Å². The van der Waals surface area contributed by atoms with Crippen molar-refractivity contribution >= 4 is 27.8 Å². The first-order valence-corrected chi connectivity index (χ1v) is 10.2. The number of ether oxygens (including phenoxy) is 1. The van der Waals surface area contributed by atoms with Crippen LogP contribution in [-0.2, 0) is 0 Å². The summed E-state index contributed by atoms with van der Waals surface area (Å²) in [5.41, 5.74) is 4.23. The van der Waals surface area contributed by atoms with Crippen LogP contribution in [0.4, 0.5) is 0 Å². The highest BCUT2D eigenvalue weighted by molar-refractivity contribution is 5.98. The highest BCUT2D eigenvalue weighted by Gasteiger charge is 2.27. The van der Waals surface area contributed by atoms with Crippen molar-refractivity contribution in [3.05, 3.63) is 64.2 Å². The van der Waals surface area contributed by atoms with Gasteiger partial charge in [0.1, 0.15) is 11.4 Å². The second-order valence-corrected chi connectivity index (χ2v) is 7.93. The van der Waals surface area contributed by atoms with Gasteiger partial charge in [-0.05, 0) is 55.7 Å². The zero-order valence-electron chi connectivity index (χ0n) is 17.1. The Bertz CT molecular complexity index is 1310. The SMILES string of the molecule is COc1cc2cc(C(=O)N3CCC(n4c(=O)[nH]c5ccccc54)CC3)[nH]c2cc1C. The van der Waals surface area contributed by atoms with Crippen LogP contribution in [-0.4, -0.2) is 45.5 Å². The number of aryl methyl sites for hydroxylation is 1. The summed E-state index contributed by atoms with van der Waals surface area (Å²) in [6, 6.07) is 13.7. The van der Waals surface area contributed by atoms with Gasteiger partial charge in [0.15, 0.2) is 0 Å². The van der Waals surface area contributed by atoms with Crippen LogP contribution in [0.25, 0.3) is 21.9 Å². The number of nitrogens with zero attached hydrogens (tertiary/aromatic N) is 2. The number of imidazole rings is 1. The molecule has 2 aromatic carbocycles. The van der Waals surface area contributed by atoms with Crippen LogP contribution in [0.1, 0.15) is 34.9 Å². The molecule has 2 N–H and O–H groups in total. The van der Waals surface area contributed by atoms with Gasteiger partial charge in [0, 0.05) is 30.0 Å². The van der Waals surface area contributed by atoms with Crippen LogP contribution in [0.15, 0.2) is 47.3 Å². The quantitative estimate of drug-likeness (QED) is 0.547. The molecule has 0 radical (unpaired) electrons. The lowest BCUT2D eigenvalue weighted by atomic mass is 10.0. The van der Waals surface area contributed by atoms with Gasteiger partial charge in [-0.1, -0.05) is 12.1 Å². The van der Waals surface area contributed by atoms with Crippen molar-refractivity contribution in [2.75, 3.05) is 20.2 Å². The Morgan fingerprint density at radius 1 is 1.07 bits per heavy atom. The van der Waals surface area contributed by atoms with Crippen LogP contribution in [0.5, 0.6) is 5.75 Å². The van der Waals surface area contributed by atoms with E-state index in [-0.39, 0.29) is 17.6 Å². The molecule has 1 aliphatic heterocycles. The summed E-state index contributed by atoms with van der Waals surface area (Å²) in [6.07, 6.45) is 1.50. The largest absolute Gasteiger partial charge is 0.496 e. The second kappa shape index (κ2) is 7.09. The molecular formula is C23H24N4O3. The number of fused-ring (bicyclic) bond motifs is 2. The van der Waals surface area contributed by atoms with Gasteiger partial charge < -0.3 is 19.6 Å². The van der Waals surface area contributed by atoms with Crippen molar-refractivity contribution in [2.24, 2.45) is 0 Å². The number of methoxy groups -OCH3 is 1. The molecule has 1 amide bonds. The molecule has 7 nitrogen and oxygen atoms in total. The van der Waals surface area contributed by atoms with Crippen molar-refractivity contribution in [3.8, 4) is 5.75 Å². The fourth-order valence-corrected chi connectivity index (χ4v) is 4.54. The fraction of sp³-hybridized carbons (Fsp3) is 0.304. The molecule has 5 rings (SSSR count). The van der Waals surface area contributed by atoms with Crippen LogP contribution >= 0.6 is 0 Å². The first-order chi connectivity index (χ1) is 14.5. The lowest BCUT2D eigenvalue weighted by Gasteiger charge is -2.32. The molecule has 154 valence electrons. The van der Waals surface area contributed by atoms with Crippen LogP contribution in [0.2, 0.25) is 0 Å². The maximum atomic E-state index is 13.1. The van der Waals surface area contributed by atoms with Gasteiger partial charge in [-0.2, -0.15) is 0 Å². The van der Waals surface area contributed by atoms with E-state index in [4.69, 9.17) is 4.74 Å². The number of H-pyrrole nitrogens is 2. The smallest absolute Gasteiger partial charge is 0.326 e. The third-order valence-corrected chi connectivity index (χ3v) is 6.11. The summed E-state index contributed by atoms with van der Waals surface area (Å²) >= 11 is 0. The monoisotopic (exact) mass is 404 g/mol. The second-order valence-electron chi connectivity index (χ2n) is 7.93. The van der Waals surface area contributed by atoms with E-state index in [0.29, 0.717) is 18.8 Å². The number of aromatic amines is 2. The highest BCUT2D eigenvalue weighted by Crippen LogP contribution is 2.28. The van der Waals surface area contributed by atoms with E-state index in [2.05, 4.69) is 9.97 Å². The zero-order chi connectivity index (χ0) is 20.8. The van der Waals surface area contributed by atoms with E-state index in [1.807, 2.05) is 58.9 Å². The molecule has 0 atom stereocenters. The third kappa shape index (κ3) is 2.98. The number of nitrogens with one attached hydrogen (secondary N) is 2. The Hall–Kier alpha value is -3.48. The molecule has 2 aromatic heterocycles. The Labute approximate surface area is 173 Å². The first-order valence-electron chi connectivity index (χ1n) is 10.2. The normalized spacial score (nSPS) is 15.2.